The lowest BCUT2D eigenvalue weighted by molar-refractivity contribution is 0.341. The number of allylic oxidation sites excluding steroid dienone is 1. The highest BCUT2D eigenvalue weighted by Gasteiger charge is 2.18. The molecule has 0 aliphatic heterocycles. The second-order valence-electron chi connectivity index (χ2n) is 5.62. The molecule has 0 spiro atoms. The van der Waals surface area contributed by atoms with E-state index < -0.39 is 0 Å². The van der Waals surface area contributed by atoms with Gasteiger partial charge in [-0.2, -0.15) is 0 Å². The average Bonchev–Trinajstić information content (AvgIpc) is 3.05. The summed E-state index contributed by atoms with van der Waals surface area (Å²) in [5.41, 5.74) is 1.30. The molecular formula is C20H19ClFN3OS. The van der Waals surface area contributed by atoms with Crippen molar-refractivity contribution in [3.63, 3.8) is 0 Å². The van der Waals surface area contributed by atoms with Gasteiger partial charge in [-0.15, -0.1) is 16.8 Å². The lowest BCUT2D eigenvalue weighted by Crippen LogP contribution is -2.03. The van der Waals surface area contributed by atoms with E-state index in [2.05, 4.69) is 16.8 Å². The zero-order chi connectivity index (χ0) is 19.2. The van der Waals surface area contributed by atoms with Crippen LogP contribution in [0.25, 0.3) is 11.4 Å². The molecule has 3 rings (SSSR count). The molecule has 2 aromatic carbocycles. The van der Waals surface area contributed by atoms with Crippen molar-refractivity contribution in [1.29, 1.82) is 0 Å². The van der Waals surface area contributed by atoms with E-state index >= 15 is 0 Å². The van der Waals surface area contributed by atoms with Gasteiger partial charge in [0.1, 0.15) is 11.6 Å². The van der Waals surface area contributed by atoms with Crippen molar-refractivity contribution in [2.75, 3.05) is 6.61 Å². The van der Waals surface area contributed by atoms with Gasteiger partial charge in [-0.3, -0.25) is 4.57 Å². The second kappa shape index (κ2) is 9.06. The number of halogens is 2. The van der Waals surface area contributed by atoms with Gasteiger partial charge in [0.15, 0.2) is 11.0 Å². The monoisotopic (exact) mass is 403 g/mol. The van der Waals surface area contributed by atoms with Gasteiger partial charge < -0.3 is 4.74 Å². The third kappa shape index (κ3) is 4.34. The maximum absolute atomic E-state index is 14.0. The fourth-order valence-electron chi connectivity index (χ4n) is 2.63. The normalized spacial score (nSPS) is 10.8. The Labute approximate surface area is 167 Å². The van der Waals surface area contributed by atoms with Gasteiger partial charge >= 0.3 is 0 Å². The van der Waals surface area contributed by atoms with Crippen LogP contribution in [0.3, 0.4) is 0 Å². The van der Waals surface area contributed by atoms with E-state index in [1.54, 1.807) is 18.2 Å². The van der Waals surface area contributed by atoms with Gasteiger partial charge in [0, 0.05) is 22.9 Å². The highest BCUT2D eigenvalue weighted by molar-refractivity contribution is 7.98. The van der Waals surface area contributed by atoms with Gasteiger partial charge in [0.2, 0.25) is 0 Å². The van der Waals surface area contributed by atoms with Crippen molar-refractivity contribution in [2.24, 2.45) is 0 Å². The van der Waals surface area contributed by atoms with Gasteiger partial charge in [0.25, 0.3) is 0 Å². The summed E-state index contributed by atoms with van der Waals surface area (Å²) in [6.45, 7) is 6.83. The van der Waals surface area contributed by atoms with E-state index in [-0.39, 0.29) is 5.82 Å². The third-order valence-electron chi connectivity index (χ3n) is 3.86. The largest absolute Gasteiger partial charge is 0.493 e. The van der Waals surface area contributed by atoms with Crippen LogP contribution in [-0.4, -0.2) is 21.4 Å². The maximum Gasteiger partial charge on any atom is 0.192 e. The van der Waals surface area contributed by atoms with Crippen LogP contribution >= 0.6 is 23.4 Å². The Bertz CT molecular complexity index is 924. The van der Waals surface area contributed by atoms with Crippen molar-refractivity contribution < 1.29 is 9.13 Å². The summed E-state index contributed by atoms with van der Waals surface area (Å²) in [5.74, 6) is 1.45. The summed E-state index contributed by atoms with van der Waals surface area (Å²) in [6.07, 6.45) is 1.77. The van der Waals surface area contributed by atoms with Crippen LogP contribution in [0.15, 0.2) is 60.3 Å². The summed E-state index contributed by atoms with van der Waals surface area (Å²) in [4.78, 5) is 0. The van der Waals surface area contributed by atoms with E-state index in [0.29, 0.717) is 40.5 Å². The number of thioether (sulfide) groups is 1. The standard InChI is InChI=1S/C20H19ClFN3OS/c1-3-12-25-19(14-8-5-6-11-18(14)26-4-2)23-24-20(25)27-13-15-16(21)9-7-10-17(15)22/h3,5-11H,1,4,12-13H2,2H3. The van der Waals surface area contributed by atoms with Crippen LogP contribution in [-0.2, 0) is 12.3 Å². The molecule has 4 nitrogen and oxygen atoms in total. The quantitative estimate of drug-likeness (QED) is 0.362. The number of para-hydroxylation sites is 1. The Kier molecular flexibility index (Phi) is 6.53. The van der Waals surface area contributed by atoms with E-state index in [9.17, 15) is 4.39 Å². The fourth-order valence-corrected chi connectivity index (χ4v) is 3.92. The Morgan fingerprint density at radius 3 is 2.78 bits per heavy atom. The minimum atomic E-state index is -0.327. The molecule has 1 aromatic heterocycles. The van der Waals surface area contributed by atoms with Crippen molar-refractivity contribution in [3.05, 3.63) is 71.5 Å². The number of hydrogen-bond donors (Lipinski definition) is 0. The van der Waals surface area contributed by atoms with Gasteiger partial charge in [-0.25, -0.2) is 4.39 Å². The molecule has 0 amide bonds. The maximum atomic E-state index is 14.0. The first-order valence-corrected chi connectivity index (χ1v) is 9.84. The summed E-state index contributed by atoms with van der Waals surface area (Å²) in [5, 5.41) is 9.70. The number of ether oxygens (including phenoxy) is 1. The first kappa shape index (κ1) is 19.5. The highest BCUT2D eigenvalue weighted by Crippen LogP contribution is 2.33. The summed E-state index contributed by atoms with van der Waals surface area (Å²) < 4.78 is 21.7. The Hall–Kier alpha value is -2.31. The first-order chi connectivity index (χ1) is 13.2. The molecule has 0 unspecified atom stereocenters. The molecule has 0 saturated heterocycles. The van der Waals surface area contributed by atoms with Crippen molar-refractivity contribution >= 4 is 23.4 Å². The molecule has 0 bridgehead atoms. The van der Waals surface area contributed by atoms with Crippen molar-refractivity contribution in [3.8, 4) is 17.1 Å². The second-order valence-corrected chi connectivity index (χ2v) is 6.97. The molecule has 0 saturated carbocycles. The number of nitrogens with zero attached hydrogens (tertiary/aromatic N) is 3. The zero-order valence-corrected chi connectivity index (χ0v) is 16.4. The van der Waals surface area contributed by atoms with Gasteiger partial charge in [-0.1, -0.05) is 47.6 Å². The van der Waals surface area contributed by atoms with Gasteiger partial charge in [-0.05, 0) is 31.2 Å². The molecule has 0 fully saturated rings. The SMILES string of the molecule is C=CCn1c(SCc2c(F)cccc2Cl)nnc1-c1ccccc1OCC. The van der Waals surface area contributed by atoms with E-state index in [0.717, 1.165) is 11.3 Å². The predicted octanol–water partition coefficient (Wildman–Crippen LogP) is 5.61. The molecule has 0 aliphatic rings. The minimum Gasteiger partial charge on any atom is -0.493 e. The molecular weight excluding hydrogens is 385 g/mol. The predicted molar refractivity (Wildman–Crippen MR) is 108 cm³/mol. The molecule has 0 N–H and O–H groups in total. The molecule has 7 heteroatoms. The van der Waals surface area contributed by atoms with Crippen molar-refractivity contribution in [1.82, 2.24) is 14.8 Å². The lowest BCUT2D eigenvalue weighted by Gasteiger charge is -2.12. The Morgan fingerprint density at radius 1 is 1.22 bits per heavy atom. The average molecular weight is 404 g/mol. The van der Waals surface area contributed by atoms with Gasteiger partial charge in [0.05, 0.1) is 12.2 Å². The lowest BCUT2D eigenvalue weighted by atomic mass is 10.2. The van der Waals surface area contributed by atoms with Crippen LogP contribution in [0.4, 0.5) is 4.39 Å². The van der Waals surface area contributed by atoms with Crippen LogP contribution in [0.1, 0.15) is 12.5 Å². The molecule has 0 radical (unpaired) electrons. The summed E-state index contributed by atoms with van der Waals surface area (Å²) in [7, 11) is 0. The molecule has 140 valence electrons. The number of hydrogen-bond acceptors (Lipinski definition) is 4. The zero-order valence-electron chi connectivity index (χ0n) is 14.9. The Balaban J connectivity index is 1.93. The third-order valence-corrected chi connectivity index (χ3v) is 5.21. The van der Waals surface area contributed by atoms with Crippen molar-refractivity contribution in [2.45, 2.75) is 24.4 Å². The highest BCUT2D eigenvalue weighted by atomic mass is 35.5. The van der Waals surface area contributed by atoms with Crippen LogP contribution < -0.4 is 4.74 Å². The summed E-state index contributed by atoms with van der Waals surface area (Å²) >= 11 is 7.50. The van der Waals surface area contributed by atoms with E-state index in [4.69, 9.17) is 16.3 Å². The topological polar surface area (TPSA) is 39.9 Å². The van der Waals surface area contributed by atoms with E-state index in [1.165, 1.54) is 17.8 Å². The smallest absolute Gasteiger partial charge is 0.192 e. The van der Waals surface area contributed by atoms with Crippen LogP contribution in [0.2, 0.25) is 5.02 Å². The molecule has 1 heterocycles. The molecule has 0 atom stereocenters. The summed E-state index contributed by atoms with van der Waals surface area (Å²) in [6, 6.07) is 12.4. The number of benzene rings is 2. The molecule has 3 aromatic rings. The number of rotatable bonds is 8. The Morgan fingerprint density at radius 2 is 2.04 bits per heavy atom. The first-order valence-electron chi connectivity index (χ1n) is 8.47. The molecule has 0 aliphatic carbocycles. The number of aromatic nitrogens is 3. The van der Waals surface area contributed by atoms with E-state index in [1.807, 2.05) is 35.8 Å². The fraction of sp³-hybridized carbons (Fsp3) is 0.200. The van der Waals surface area contributed by atoms with Crippen LogP contribution in [0.5, 0.6) is 5.75 Å². The van der Waals surface area contributed by atoms with Crippen LogP contribution in [0, 0.1) is 5.82 Å². The minimum absolute atomic E-state index is 0.327. The molecule has 27 heavy (non-hydrogen) atoms.